The quantitative estimate of drug-likeness (QED) is 0.893. The zero-order chi connectivity index (χ0) is 13.9. The molecule has 20 heavy (non-hydrogen) atoms. The number of nitrogens with one attached hydrogen (secondary N) is 2. The van der Waals surface area contributed by atoms with Gasteiger partial charge in [-0.05, 0) is 30.6 Å². The van der Waals surface area contributed by atoms with E-state index in [-0.39, 0.29) is 12.1 Å². The molecule has 2 N–H and O–H groups in total. The Balaban J connectivity index is 1.68. The second kappa shape index (κ2) is 5.50. The van der Waals surface area contributed by atoms with Crippen LogP contribution in [0.4, 0.5) is 9.80 Å². The van der Waals surface area contributed by atoms with E-state index < -0.39 is 0 Å². The molecule has 1 aromatic heterocycles. The summed E-state index contributed by atoms with van der Waals surface area (Å²) in [5.41, 5.74) is 1.93. The SMILES string of the molecule is Cc1cc(NC(=O)N[C@@H]2CCOc3ccccc32)sn1. The Labute approximate surface area is 121 Å². The first-order chi connectivity index (χ1) is 9.72. The number of anilines is 1. The van der Waals surface area contributed by atoms with Crippen molar-refractivity contribution in [2.75, 3.05) is 11.9 Å². The predicted octanol–water partition coefficient (Wildman–Crippen LogP) is 3.10. The molecule has 0 unspecified atom stereocenters. The lowest BCUT2D eigenvalue weighted by Gasteiger charge is -2.26. The van der Waals surface area contributed by atoms with Gasteiger partial charge >= 0.3 is 6.03 Å². The molecule has 0 spiro atoms. The fraction of sp³-hybridized carbons (Fsp3) is 0.286. The molecule has 2 heterocycles. The molecule has 6 heteroatoms. The molecule has 1 aliphatic rings. The minimum atomic E-state index is -0.213. The number of amides is 2. The molecule has 0 fully saturated rings. The summed E-state index contributed by atoms with van der Waals surface area (Å²) in [5.74, 6) is 0.845. The van der Waals surface area contributed by atoms with Gasteiger partial charge in [0.1, 0.15) is 10.8 Å². The highest BCUT2D eigenvalue weighted by Gasteiger charge is 2.22. The van der Waals surface area contributed by atoms with Gasteiger partial charge in [-0.15, -0.1) is 0 Å². The number of carbonyl (C=O) groups excluding carboxylic acids is 1. The second-order valence-electron chi connectivity index (χ2n) is 4.66. The molecule has 0 saturated carbocycles. The molecule has 2 aromatic rings. The number of hydrogen-bond acceptors (Lipinski definition) is 4. The van der Waals surface area contributed by atoms with E-state index in [1.807, 2.05) is 37.3 Å². The van der Waals surface area contributed by atoms with Crippen LogP contribution in [0.3, 0.4) is 0 Å². The molecule has 1 aliphatic heterocycles. The Morgan fingerprint density at radius 2 is 2.30 bits per heavy atom. The molecule has 1 aromatic carbocycles. The van der Waals surface area contributed by atoms with Crippen LogP contribution in [0.15, 0.2) is 30.3 Å². The van der Waals surface area contributed by atoms with Crippen LogP contribution in [0.25, 0.3) is 0 Å². The monoisotopic (exact) mass is 289 g/mol. The number of para-hydroxylation sites is 1. The highest BCUT2D eigenvalue weighted by Crippen LogP contribution is 2.31. The van der Waals surface area contributed by atoms with Gasteiger partial charge in [-0.2, -0.15) is 4.37 Å². The number of ether oxygens (including phenoxy) is 1. The second-order valence-corrected chi connectivity index (χ2v) is 5.46. The van der Waals surface area contributed by atoms with Crippen LogP contribution < -0.4 is 15.4 Å². The number of fused-ring (bicyclic) bond motifs is 1. The van der Waals surface area contributed by atoms with Crippen molar-refractivity contribution in [3.63, 3.8) is 0 Å². The predicted molar refractivity (Wildman–Crippen MR) is 78.3 cm³/mol. The third kappa shape index (κ3) is 2.75. The number of aromatic nitrogens is 1. The van der Waals surface area contributed by atoms with Gasteiger partial charge in [0.25, 0.3) is 0 Å². The number of carbonyl (C=O) groups is 1. The first-order valence-corrected chi connectivity index (χ1v) is 7.22. The van der Waals surface area contributed by atoms with Gasteiger partial charge < -0.3 is 10.1 Å². The topological polar surface area (TPSA) is 63.2 Å². The van der Waals surface area contributed by atoms with Gasteiger partial charge in [0, 0.05) is 12.0 Å². The van der Waals surface area contributed by atoms with Crippen LogP contribution in [0.1, 0.15) is 23.7 Å². The normalized spacial score (nSPS) is 16.9. The van der Waals surface area contributed by atoms with Crippen LogP contribution >= 0.6 is 11.5 Å². The van der Waals surface area contributed by atoms with Crippen molar-refractivity contribution in [3.05, 3.63) is 41.6 Å². The summed E-state index contributed by atoms with van der Waals surface area (Å²) in [5, 5.41) is 6.54. The van der Waals surface area contributed by atoms with Crippen molar-refractivity contribution in [1.82, 2.24) is 9.69 Å². The van der Waals surface area contributed by atoms with Crippen LogP contribution in [0.5, 0.6) is 5.75 Å². The maximum atomic E-state index is 12.0. The Morgan fingerprint density at radius 1 is 1.45 bits per heavy atom. The van der Waals surface area contributed by atoms with Gasteiger partial charge in [-0.25, -0.2) is 4.79 Å². The first kappa shape index (κ1) is 12.9. The number of hydrogen-bond donors (Lipinski definition) is 2. The largest absolute Gasteiger partial charge is 0.493 e. The summed E-state index contributed by atoms with van der Waals surface area (Å²) >= 11 is 1.28. The van der Waals surface area contributed by atoms with E-state index in [1.54, 1.807) is 0 Å². The minimum absolute atomic E-state index is 0.0195. The third-order valence-electron chi connectivity index (χ3n) is 3.13. The number of benzene rings is 1. The lowest BCUT2D eigenvalue weighted by atomic mass is 10.0. The van der Waals surface area contributed by atoms with Crippen molar-refractivity contribution in [1.29, 1.82) is 0 Å². The van der Waals surface area contributed by atoms with E-state index in [0.717, 1.165) is 28.4 Å². The number of nitrogens with zero attached hydrogens (tertiary/aromatic N) is 1. The standard InChI is InChI=1S/C14H15N3O2S/c1-9-8-13(20-17-9)16-14(18)15-11-6-7-19-12-5-3-2-4-10(11)12/h2-5,8,11H,6-7H2,1H3,(H2,15,16,18)/t11-/m1/s1. The van der Waals surface area contributed by atoms with E-state index in [4.69, 9.17) is 4.74 Å². The zero-order valence-corrected chi connectivity index (χ0v) is 11.9. The molecule has 3 rings (SSSR count). The van der Waals surface area contributed by atoms with Crippen LogP contribution in [-0.4, -0.2) is 17.0 Å². The minimum Gasteiger partial charge on any atom is -0.493 e. The average Bonchev–Trinajstić information content (AvgIpc) is 2.84. The van der Waals surface area contributed by atoms with Crippen molar-refractivity contribution >= 4 is 22.6 Å². The molecule has 0 bridgehead atoms. The van der Waals surface area contributed by atoms with Crippen LogP contribution in [-0.2, 0) is 0 Å². The van der Waals surface area contributed by atoms with Crippen molar-refractivity contribution in [2.24, 2.45) is 0 Å². The molecule has 0 aliphatic carbocycles. The summed E-state index contributed by atoms with van der Waals surface area (Å²) in [6.45, 7) is 2.51. The summed E-state index contributed by atoms with van der Waals surface area (Å²) in [6, 6.07) is 9.41. The van der Waals surface area contributed by atoms with Gasteiger partial charge in [0.05, 0.1) is 18.3 Å². The fourth-order valence-corrected chi connectivity index (χ4v) is 2.88. The maximum absolute atomic E-state index is 12.0. The fourth-order valence-electron chi connectivity index (χ4n) is 2.22. The molecular weight excluding hydrogens is 274 g/mol. The van der Waals surface area contributed by atoms with Crippen LogP contribution in [0, 0.1) is 6.92 Å². The number of urea groups is 1. The van der Waals surface area contributed by atoms with Gasteiger partial charge in [-0.3, -0.25) is 5.32 Å². The zero-order valence-electron chi connectivity index (χ0n) is 11.1. The molecule has 2 amide bonds. The summed E-state index contributed by atoms with van der Waals surface area (Å²) < 4.78 is 9.71. The summed E-state index contributed by atoms with van der Waals surface area (Å²) in [6.07, 6.45) is 0.770. The van der Waals surface area contributed by atoms with E-state index in [2.05, 4.69) is 15.0 Å². The maximum Gasteiger partial charge on any atom is 0.320 e. The van der Waals surface area contributed by atoms with Crippen LogP contribution in [0.2, 0.25) is 0 Å². The Kier molecular flexibility index (Phi) is 3.56. The van der Waals surface area contributed by atoms with E-state index in [1.165, 1.54) is 11.5 Å². The summed E-state index contributed by atoms with van der Waals surface area (Å²) in [4.78, 5) is 12.0. The smallest absolute Gasteiger partial charge is 0.320 e. The van der Waals surface area contributed by atoms with Gasteiger partial charge in [-0.1, -0.05) is 18.2 Å². The lowest BCUT2D eigenvalue weighted by Crippen LogP contribution is -2.35. The van der Waals surface area contributed by atoms with Gasteiger partial charge in [0.15, 0.2) is 0 Å². The highest BCUT2D eigenvalue weighted by atomic mass is 32.1. The lowest BCUT2D eigenvalue weighted by molar-refractivity contribution is 0.232. The summed E-state index contributed by atoms with van der Waals surface area (Å²) in [7, 11) is 0. The Morgan fingerprint density at radius 3 is 3.10 bits per heavy atom. The van der Waals surface area contributed by atoms with Gasteiger partial charge in [0.2, 0.25) is 0 Å². The third-order valence-corrected chi connectivity index (χ3v) is 3.92. The number of rotatable bonds is 2. The Hall–Kier alpha value is -2.08. The van der Waals surface area contributed by atoms with Crippen molar-refractivity contribution < 1.29 is 9.53 Å². The van der Waals surface area contributed by atoms with Crippen molar-refractivity contribution in [2.45, 2.75) is 19.4 Å². The Bertz CT molecular complexity index is 626. The first-order valence-electron chi connectivity index (χ1n) is 6.45. The molecule has 0 radical (unpaired) electrons. The molecule has 0 saturated heterocycles. The molecule has 5 nitrogen and oxygen atoms in total. The van der Waals surface area contributed by atoms with E-state index in [9.17, 15) is 4.79 Å². The van der Waals surface area contributed by atoms with E-state index >= 15 is 0 Å². The van der Waals surface area contributed by atoms with E-state index in [0.29, 0.717) is 6.61 Å². The number of aryl methyl sites for hydroxylation is 1. The molecule has 104 valence electrons. The van der Waals surface area contributed by atoms with Crippen molar-refractivity contribution in [3.8, 4) is 5.75 Å². The molecular formula is C14H15N3O2S. The molecule has 1 atom stereocenters. The average molecular weight is 289 g/mol. The highest BCUT2D eigenvalue weighted by molar-refractivity contribution is 7.10.